The normalized spacial score (nSPS) is 11.4. The highest BCUT2D eigenvalue weighted by molar-refractivity contribution is 7.90. The highest BCUT2D eigenvalue weighted by atomic mass is 32.2. The summed E-state index contributed by atoms with van der Waals surface area (Å²) in [5.74, 6) is -0.0652. The minimum atomic E-state index is -3.18. The first-order valence-electron chi connectivity index (χ1n) is 5.14. The Bertz CT molecular complexity index is 497. The van der Waals surface area contributed by atoms with Gasteiger partial charge in [-0.1, -0.05) is 30.4 Å². The fourth-order valence-electron chi connectivity index (χ4n) is 1.42. The Morgan fingerprint density at radius 1 is 1.41 bits per heavy atom. The third-order valence-electron chi connectivity index (χ3n) is 2.21. The maximum Gasteiger partial charge on any atom is 0.154 e. The van der Waals surface area contributed by atoms with E-state index in [4.69, 9.17) is 23.1 Å². The Balaban J connectivity index is 2.81. The van der Waals surface area contributed by atoms with Gasteiger partial charge in [-0.25, -0.2) is 8.42 Å². The summed E-state index contributed by atoms with van der Waals surface area (Å²) in [7, 11) is -3.18. The predicted molar refractivity (Wildman–Crippen MR) is 71.5 cm³/mol. The molecule has 1 aromatic rings. The van der Waals surface area contributed by atoms with Gasteiger partial charge in [0.25, 0.3) is 0 Å². The molecule has 4 nitrogen and oxygen atoms in total. The number of hydrogen-bond acceptors (Lipinski definition) is 4. The number of nitrogens with two attached hydrogens (primary N) is 1. The third kappa shape index (κ3) is 4.80. The standard InChI is InChI=1S/C11H15NO3S2/c12-11(16)10-4-1-3-9(7-10)8-17(14,15)6-2-5-13/h1,3-4,7,13H,2,5-6,8H2,(H2,12,16). The molecular weight excluding hydrogens is 258 g/mol. The molecule has 6 heteroatoms. The number of sulfone groups is 1. The summed E-state index contributed by atoms with van der Waals surface area (Å²) in [5, 5.41) is 8.61. The van der Waals surface area contributed by atoms with Crippen LogP contribution in [-0.4, -0.2) is 30.9 Å². The summed E-state index contributed by atoms with van der Waals surface area (Å²) in [5.41, 5.74) is 6.80. The van der Waals surface area contributed by atoms with E-state index in [2.05, 4.69) is 0 Å². The van der Waals surface area contributed by atoms with Crippen molar-refractivity contribution >= 4 is 27.0 Å². The van der Waals surface area contributed by atoms with E-state index in [-0.39, 0.29) is 29.5 Å². The van der Waals surface area contributed by atoms with Gasteiger partial charge in [-0.05, 0) is 18.1 Å². The second-order valence-electron chi connectivity index (χ2n) is 3.73. The molecule has 0 aliphatic rings. The van der Waals surface area contributed by atoms with Crippen molar-refractivity contribution in [1.29, 1.82) is 0 Å². The van der Waals surface area contributed by atoms with Crippen LogP contribution in [0.2, 0.25) is 0 Å². The van der Waals surface area contributed by atoms with Crippen LogP contribution in [0.3, 0.4) is 0 Å². The molecule has 0 amide bonds. The molecule has 94 valence electrons. The smallest absolute Gasteiger partial charge is 0.154 e. The Morgan fingerprint density at radius 2 is 2.12 bits per heavy atom. The number of aliphatic hydroxyl groups excluding tert-OH is 1. The lowest BCUT2D eigenvalue weighted by Crippen LogP contribution is -2.12. The van der Waals surface area contributed by atoms with Crippen LogP contribution in [0.4, 0.5) is 0 Å². The minimum Gasteiger partial charge on any atom is -0.396 e. The van der Waals surface area contributed by atoms with Crippen LogP contribution in [0.1, 0.15) is 17.5 Å². The average molecular weight is 273 g/mol. The van der Waals surface area contributed by atoms with Crippen molar-refractivity contribution in [3.63, 3.8) is 0 Å². The van der Waals surface area contributed by atoms with Gasteiger partial charge in [0.1, 0.15) is 4.99 Å². The van der Waals surface area contributed by atoms with E-state index in [1.54, 1.807) is 24.3 Å². The van der Waals surface area contributed by atoms with Crippen LogP contribution in [-0.2, 0) is 15.6 Å². The van der Waals surface area contributed by atoms with E-state index >= 15 is 0 Å². The molecule has 0 spiro atoms. The van der Waals surface area contributed by atoms with Gasteiger partial charge in [0.15, 0.2) is 9.84 Å². The van der Waals surface area contributed by atoms with Gasteiger partial charge in [-0.2, -0.15) is 0 Å². The van der Waals surface area contributed by atoms with E-state index in [9.17, 15) is 8.42 Å². The van der Waals surface area contributed by atoms with Gasteiger partial charge in [0, 0.05) is 12.2 Å². The molecule has 3 N–H and O–H groups in total. The van der Waals surface area contributed by atoms with E-state index in [0.29, 0.717) is 11.1 Å². The summed E-state index contributed by atoms with van der Waals surface area (Å²) >= 11 is 4.83. The minimum absolute atomic E-state index is 0.0131. The molecule has 0 saturated carbocycles. The summed E-state index contributed by atoms with van der Waals surface area (Å²) in [4.78, 5) is 0.250. The fraction of sp³-hybridized carbons (Fsp3) is 0.364. The van der Waals surface area contributed by atoms with Gasteiger partial charge in [-0.15, -0.1) is 0 Å². The SMILES string of the molecule is NC(=S)c1cccc(CS(=O)(=O)CCCO)c1. The maximum absolute atomic E-state index is 11.7. The van der Waals surface area contributed by atoms with Crippen molar-refractivity contribution in [2.45, 2.75) is 12.2 Å². The average Bonchev–Trinajstić information content (AvgIpc) is 2.26. The molecular formula is C11H15NO3S2. The largest absolute Gasteiger partial charge is 0.396 e. The van der Waals surface area contributed by atoms with Crippen LogP contribution in [0, 0.1) is 0 Å². The van der Waals surface area contributed by atoms with Crippen LogP contribution >= 0.6 is 12.2 Å². The zero-order valence-electron chi connectivity index (χ0n) is 9.30. The molecule has 0 fully saturated rings. The molecule has 0 aliphatic heterocycles. The van der Waals surface area contributed by atoms with E-state index < -0.39 is 9.84 Å². The van der Waals surface area contributed by atoms with Crippen molar-refractivity contribution in [2.24, 2.45) is 5.73 Å². The Hall–Kier alpha value is -0.980. The lowest BCUT2D eigenvalue weighted by Gasteiger charge is -2.05. The number of thiocarbonyl (C=S) groups is 1. The van der Waals surface area contributed by atoms with Crippen molar-refractivity contribution in [1.82, 2.24) is 0 Å². The van der Waals surface area contributed by atoms with Gasteiger partial charge in [0.2, 0.25) is 0 Å². The zero-order valence-corrected chi connectivity index (χ0v) is 10.9. The summed E-state index contributed by atoms with van der Waals surface area (Å²) in [6.07, 6.45) is 0.261. The maximum atomic E-state index is 11.7. The van der Waals surface area contributed by atoms with Crippen LogP contribution < -0.4 is 5.73 Å². The van der Waals surface area contributed by atoms with Crippen LogP contribution in [0.25, 0.3) is 0 Å². The molecule has 1 aromatic carbocycles. The molecule has 0 bridgehead atoms. The van der Waals surface area contributed by atoms with Gasteiger partial charge < -0.3 is 10.8 Å². The molecule has 0 aliphatic carbocycles. The molecule has 0 saturated heterocycles. The molecule has 17 heavy (non-hydrogen) atoms. The molecule has 0 atom stereocenters. The summed E-state index contributed by atoms with van der Waals surface area (Å²) in [6, 6.07) is 6.87. The molecule has 0 heterocycles. The third-order valence-corrected chi connectivity index (χ3v) is 4.13. The first-order valence-corrected chi connectivity index (χ1v) is 7.37. The Morgan fingerprint density at radius 3 is 2.71 bits per heavy atom. The quantitative estimate of drug-likeness (QED) is 0.743. The number of rotatable bonds is 6. The predicted octanol–water partition coefficient (Wildman–Crippen LogP) is 0.618. The lowest BCUT2D eigenvalue weighted by atomic mass is 10.1. The van der Waals surface area contributed by atoms with Crippen molar-refractivity contribution in [3.8, 4) is 0 Å². The Labute approximate surface area is 106 Å². The van der Waals surface area contributed by atoms with Crippen LogP contribution in [0.5, 0.6) is 0 Å². The first kappa shape index (κ1) is 14.1. The summed E-state index contributed by atoms with van der Waals surface area (Å²) < 4.78 is 23.3. The van der Waals surface area contributed by atoms with Gasteiger partial charge in [-0.3, -0.25) is 0 Å². The number of hydrogen-bond donors (Lipinski definition) is 2. The van der Waals surface area contributed by atoms with E-state index in [1.165, 1.54) is 0 Å². The molecule has 0 radical (unpaired) electrons. The fourth-order valence-corrected chi connectivity index (χ4v) is 2.95. The van der Waals surface area contributed by atoms with Crippen molar-refractivity contribution in [2.75, 3.05) is 12.4 Å². The highest BCUT2D eigenvalue weighted by Crippen LogP contribution is 2.10. The van der Waals surface area contributed by atoms with Gasteiger partial charge >= 0.3 is 0 Å². The number of benzene rings is 1. The van der Waals surface area contributed by atoms with Crippen molar-refractivity contribution < 1.29 is 13.5 Å². The Kier molecular flexibility index (Phi) is 5.04. The second-order valence-corrected chi connectivity index (χ2v) is 6.36. The number of aliphatic hydroxyl groups is 1. The molecule has 1 rings (SSSR count). The highest BCUT2D eigenvalue weighted by Gasteiger charge is 2.12. The van der Waals surface area contributed by atoms with Crippen molar-refractivity contribution in [3.05, 3.63) is 35.4 Å². The topological polar surface area (TPSA) is 80.4 Å². The first-order chi connectivity index (χ1) is 7.94. The summed E-state index contributed by atoms with van der Waals surface area (Å²) in [6.45, 7) is -0.119. The molecule has 0 aromatic heterocycles. The van der Waals surface area contributed by atoms with Crippen LogP contribution in [0.15, 0.2) is 24.3 Å². The van der Waals surface area contributed by atoms with Gasteiger partial charge in [0.05, 0.1) is 11.5 Å². The second kappa shape index (κ2) is 6.09. The monoisotopic (exact) mass is 273 g/mol. The lowest BCUT2D eigenvalue weighted by molar-refractivity contribution is 0.295. The zero-order chi connectivity index (χ0) is 12.9. The van der Waals surface area contributed by atoms with E-state index in [0.717, 1.165) is 0 Å². The molecule has 0 unspecified atom stereocenters. The van der Waals surface area contributed by atoms with E-state index in [1.807, 2.05) is 0 Å².